The molecule has 1 aliphatic rings. The molecule has 33 heavy (non-hydrogen) atoms. The van der Waals surface area contributed by atoms with Crippen LogP contribution in [-0.4, -0.2) is 30.9 Å². The van der Waals surface area contributed by atoms with Crippen molar-refractivity contribution in [1.29, 1.82) is 0 Å². The summed E-state index contributed by atoms with van der Waals surface area (Å²) in [6, 6.07) is 11.0. The molecule has 1 unspecified atom stereocenters. The summed E-state index contributed by atoms with van der Waals surface area (Å²) >= 11 is 1.05. The average molecular weight is 530 g/mol. The molecule has 0 aromatic heterocycles. The number of sulfonamides is 1. The van der Waals surface area contributed by atoms with Crippen molar-refractivity contribution in [3.8, 4) is 0 Å². The van der Waals surface area contributed by atoms with Crippen LogP contribution >= 0.6 is 22.0 Å². The van der Waals surface area contributed by atoms with Gasteiger partial charge in [0, 0.05) is 17.1 Å². The zero-order valence-electron chi connectivity index (χ0n) is 17.3. The van der Waals surface area contributed by atoms with E-state index in [4.69, 9.17) is 0 Å². The summed E-state index contributed by atoms with van der Waals surface area (Å²) < 4.78 is 92.0. The summed E-state index contributed by atoms with van der Waals surface area (Å²) in [7, 11) is -13.8. The molecular weight excluding hydrogens is 509 g/mol. The van der Waals surface area contributed by atoms with Gasteiger partial charge in [0.15, 0.2) is 5.50 Å². The highest BCUT2D eigenvalue weighted by atomic mass is 32.5. The van der Waals surface area contributed by atoms with Gasteiger partial charge in [-0.25, -0.2) is 12.7 Å². The maximum absolute atomic E-state index is 13.2. The second-order valence-corrected chi connectivity index (χ2v) is 12.8. The predicted molar refractivity (Wildman–Crippen MR) is 120 cm³/mol. The first-order valence-electron chi connectivity index (χ1n) is 9.23. The van der Waals surface area contributed by atoms with E-state index in [0.717, 1.165) is 34.5 Å². The van der Waals surface area contributed by atoms with Gasteiger partial charge in [0.05, 0.1) is 6.26 Å². The number of carbonyl (C=O) groups is 1. The lowest BCUT2D eigenvalue weighted by atomic mass is 10.2. The minimum absolute atomic E-state index is 0.00388. The largest absolute Gasteiger partial charge is 0.337 e. The maximum atomic E-state index is 13.2. The molecule has 6 nitrogen and oxygen atoms in total. The van der Waals surface area contributed by atoms with Gasteiger partial charge in [0.2, 0.25) is 16.4 Å². The van der Waals surface area contributed by atoms with Crippen molar-refractivity contribution in [1.82, 2.24) is 9.62 Å². The van der Waals surface area contributed by atoms with Crippen LogP contribution in [0.15, 0.2) is 70.2 Å². The molecule has 182 valence electrons. The molecule has 0 aliphatic carbocycles. The van der Waals surface area contributed by atoms with Crippen molar-refractivity contribution < 1.29 is 32.6 Å². The normalized spacial score (nSPS) is 19.1. The smallest absolute Gasteiger partial charge is 0.310 e. The summed E-state index contributed by atoms with van der Waals surface area (Å²) in [5, 5.41) is 2.35. The zero-order chi connectivity index (χ0) is 24.7. The topological polar surface area (TPSA) is 69.7 Å². The minimum atomic E-state index is -9.88. The van der Waals surface area contributed by atoms with E-state index in [-0.39, 0.29) is 30.2 Å². The van der Waals surface area contributed by atoms with Crippen LogP contribution < -0.4 is 10.2 Å². The van der Waals surface area contributed by atoms with E-state index in [0.29, 0.717) is 16.9 Å². The Morgan fingerprint density at radius 3 is 2.12 bits per heavy atom. The molecule has 1 N–H and O–H groups in total. The second-order valence-electron chi connectivity index (χ2n) is 7.25. The summed E-state index contributed by atoms with van der Waals surface area (Å²) in [6.07, 6.45) is 1.23. The van der Waals surface area contributed by atoms with Crippen LogP contribution in [0.3, 0.4) is 0 Å². The van der Waals surface area contributed by atoms with Crippen LogP contribution in [0.25, 0.3) is 0 Å². The monoisotopic (exact) mass is 529 g/mol. The maximum Gasteiger partial charge on any atom is 0.310 e. The number of amides is 1. The molecule has 14 heteroatoms. The lowest BCUT2D eigenvalue weighted by Gasteiger charge is -2.41. The zero-order valence-corrected chi connectivity index (χ0v) is 19.7. The van der Waals surface area contributed by atoms with Crippen LogP contribution in [0, 0.1) is 0 Å². The number of rotatable bonds is 8. The van der Waals surface area contributed by atoms with Crippen LogP contribution in [0.5, 0.6) is 0 Å². The van der Waals surface area contributed by atoms with E-state index in [1.807, 2.05) is 0 Å². The molecule has 1 aliphatic heterocycles. The number of allylic oxidation sites excluding steroid dienone is 1. The Labute approximate surface area is 192 Å². The lowest BCUT2D eigenvalue weighted by molar-refractivity contribution is -0.109. The fraction of sp³-hybridized carbons (Fsp3) is 0.211. The van der Waals surface area contributed by atoms with Gasteiger partial charge < -0.3 is 10.2 Å². The lowest BCUT2D eigenvalue weighted by Crippen LogP contribution is -2.47. The third-order valence-electron chi connectivity index (χ3n) is 4.67. The number of anilines is 1. The SMILES string of the molecule is CC1=C(NC=O)N(S(C)(=O)=O)C(N(Cc2ccccc2)c2ccc(S(F)(F)(F)(F)F)cc2)S1. The van der Waals surface area contributed by atoms with E-state index in [1.165, 1.54) is 4.90 Å². The number of hydrogen-bond donors (Lipinski definition) is 1. The Morgan fingerprint density at radius 1 is 1.06 bits per heavy atom. The fourth-order valence-electron chi connectivity index (χ4n) is 3.24. The van der Waals surface area contributed by atoms with Gasteiger partial charge in [-0.05, 0) is 36.8 Å². The van der Waals surface area contributed by atoms with Crippen molar-refractivity contribution in [2.75, 3.05) is 11.2 Å². The highest BCUT2D eigenvalue weighted by Crippen LogP contribution is 3.02. The summed E-state index contributed by atoms with van der Waals surface area (Å²) in [6.45, 7) is 1.62. The van der Waals surface area contributed by atoms with Gasteiger partial charge in [0.1, 0.15) is 10.7 Å². The molecule has 3 rings (SSSR count). The van der Waals surface area contributed by atoms with E-state index in [1.54, 1.807) is 37.3 Å². The number of thioether (sulfide) groups is 1. The third kappa shape index (κ3) is 5.73. The van der Waals surface area contributed by atoms with Crippen molar-refractivity contribution in [2.45, 2.75) is 23.9 Å². The predicted octanol–water partition coefficient (Wildman–Crippen LogP) is 5.58. The molecule has 0 spiro atoms. The first-order valence-corrected chi connectivity index (χ1v) is 13.9. The van der Waals surface area contributed by atoms with Crippen molar-refractivity contribution >= 4 is 44.1 Å². The molecule has 1 atom stereocenters. The van der Waals surface area contributed by atoms with Crippen molar-refractivity contribution in [2.24, 2.45) is 0 Å². The van der Waals surface area contributed by atoms with Crippen LogP contribution in [0.1, 0.15) is 12.5 Å². The van der Waals surface area contributed by atoms with Gasteiger partial charge in [-0.3, -0.25) is 4.79 Å². The molecule has 2 aromatic carbocycles. The summed E-state index contributed by atoms with van der Waals surface area (Å²) in [5.41, 5.74) is -0.262. The molecule has 1 amide bonds. The number of hydrogen-bond acceptors (Lipinski definition) is 5. The summed E-state index contributed by atoms with van der Waals surface area (Å²) in [5.74, 6) is 0.00388. The molecule has 2 aromatic rings. The quantitative estimate of drug-likeness (QED) is 0.357. The highest BCUT2D eigenvalue weighted by molar-refractivity contribution is 8.45. The van der Waals surface area contributed by atoms with Crippen LogP contribution in [0.4, 0.5) is 25.1 Å². The Morgan fingerprint density at radius 2 is 1.64 bits per heavy atom. The minimum Gasteiger partial charge on any atom is -0.337 e. The van der Waals surface area contributed by atoms with Gasteiger partial charge in [0.25, 0.3) is 0 Å². The Hall–Kier alpha value is -2.45. The van der Waals surface area contributed by atoms with Gasteiger partial charge in [-0.1, -0.05) is 61.5 Å². The summed E-state index contributed by atoms with van der Waals surface area (Å²) in [4.78, 5) is 10.9. The highest BCUT2D eigenvalue weighted by Gasteiger charge is 2.65. The Kier molecular flexibility index (Phi) is 5.96. The molecule has 1 heterocycles. The first-order chi connectivity index (χ1) is 15.0. The average Bonchev–Trinajstić information content (AvgIpc) is 3.02. The van der Waals surface area contributed by atoms with Gasteiger partial charge in [-0.2, -0.15) is 0 Å². The number of nitrogens with one attached hydrogen (secondary N) is 1. The Bertz CT molecular complexity index is 1190. The van der Waals surface area contributed by atoms with Gasteiger partial charge >= 0.3 is 10.2 Å². The first kappa shape index (κ1) is 25.2. The number of benzene rings is 2. The molecule has 0 saturated carbocycles. The van der Waals surface area contributed by atoms with E-state index in [9.17, 15) is 32.6 Å². The number of nitrogens with zero attached hydrogens (tertiary/aromatic N) is 2. The number of halogens is 5. The van der Waals surface area contributed by atoms with Crippen LogP contribution in [-0.2, 0) is 21.4 Å². The van der Waals surface area contributed by atoms with Gasteiger partial charge in [-0.15, -0.1) is 0 Å². The number of carbonyl (C=O) groups excluding carboxylic acids is 1. The fourth-order valence-corrected chi connectivity index (χ4v) is 6.62. The second kappa shape index (κ2) is 7.81. The molecule has 0 saturated heterocycles. The Balaban J connectivity index is 2.11. The van der Waals surface area contributed by atoms with E-state index >= 15 is 0 Å². The van der Waals surface area contributed by atoms with E-state index < -0.39 is 30.6 Å². The molecule has 0 bridgehead atoms. The van der Waals surface area contributed by atoms with Crippen LogP contribution in [0.2, 0.25) is 0 Å². The van der Waals surface area contributed by atoms with Crippen molar-refractivity contribution in [3.63, 3.8) is 0 Å². The third-order valence-corrected chi connectivity index (χ3v) is 8.28. The standard InChI is InChI=1S/C19H20F5N3O3S3/c1-14-18(25-13-28)27(32(2,29)30)19(31-14)26(12-15-6-4-3-5-7-15)16-8-10-17(11-9-16)33(20,21,22,23)24/h3-11,13,19H,12H2,1-2H3,(H,25,28). The molecule has 0 radical (unpaired) electrons. The molecular formula is C19H20F5N3O3S3. The van der Waals surface area contributed by atoms with E-state index in [2.05, 4.69) is 5.32 Å². The molecule has 0 fully saturated rings. The van der Waals surface area contributed by atoms with Crippen molar-refractivity contribution in [3.05, 3.63) is 70.9 Å².